The van der Waals surface area contributed by atoms with Crippen LogP contribution in [0.15, 0.2) is 24.4 Å². The Morgan fingerprint density at radius 1 is 1.47 bits per heavy atom. The minimum absolute atomic E-state index is 0.0223. The van der Waals surface area contributed by atoms with Crippen LogP contribution in [0, 0.1) is 0 Å². The average molecular weight is 261 g/mol. The Hall–Kier alpha value is -1.99. The van der Waals surface area contributed by atoms with Crippen molar-refractivity contribution in [3.05, 3.63) is 24.4 Å². The fourth-order valence-corrected chi connectivity index (χ4v) is 2.19. The van der Waals surface area contributed by atoms with E-state index in [2.05, 4.69) is 15.5 Å². The molecule has 1 aliphatic heterocycles. The van der Waals surface area contributed by atoms with Crippen LogP contribution in [0.25, 0.3) is 5.65 Å². The maximum absolute atomic E-state index is 12.1. The number of ether oxygens (including phenoxy) is 1. The van der Waals surface area contributed by atoms with Gasteiger partial charge in [0, 0.05) is 12.7 Å². The zero-order valence-electron chi connectivity index (χ0n) is 10.3. The van der Waals surface area contributed by atoms with Gasteiger partial charge in [-0.2, -0.15) is 0 Å². The number of pyridine rings is 1. The van der Waals surface area contributed by atoms with Gasteiger partial charge in [0.1, 0.15) is 6.10 Å². The molecule has 1 fully saturated rings. The van der Waals surface area contributed by atoms with Gasteiger partial charge in [-0.3, -0.25) is 14.5 Å². The van der Waals surface area contributed by atoms with Crippen molar-refractivity contribution < 1.29 is 9.53 Å². The third-order valence-electron chi connectivity index (χ3n) is 3.21. The standard InChI is InChI=1S/C12H15N5O2/c13-7-8-4-5-9(19-8)11(18)14-12-16-15-10-3-1-2-6-17(10)12/h1-3,6,8-9H,4-5,7,13H2,(H,14,16,18)/t8-,9+/m1/s1. The Morgan fingerprint density at radius 3 is 3.16 bits per heavy atom. The summed E-state index contributed by atoms with van der Waals surface area (Å²) in [5.41, 5.74) is 6.21. The van der Waals surface area contributed by atoms with E-state index in [9.17, 15) is 4.79 Å². The van der Waals surface area contributed by atoms with E-state index in [1.807, 2.05) is 18.2 Å². The fourth-order valence-electron chi connectivity index (χ4n) is 2.19. The minimum Gasteiger partial charge on any atom is -0.364 e. The van der Waals surface area contributed by atoms with Crippen molar-refractivity contribution in [2.45, 2.75) is 25.0 Å². The third kappa shape index (κ3) is 2.29. The van der Waals surface area contributed by atoms with Gasteiger partial charge in [-0.15, -0.1) is 10.2 Å². The summed E-state index contributed by atoms with van der Waals surface area (Å²) in [5.74, 6) is 0.203. The van der Waals surface area contributed by atoms with Crippen molar-refractivity contribution in [1.82, 2.24) is 14.6 Å². The largest absolute Gasteiger partial charge is 0.364 e. The molecule has 3 heterocycles. The van der Waals surface area contributed by atoms with Crippen LogP contribution >= 0.6 is 0 Å². The Bertz CT molecular complexity index is 597. The molecule has 2 atom stereocenters. The van der Waals surface area contributed by atoms with Gasteiger partial charge in [0.2, 0.25) is 5.95 Å². The van der Waals surface area contributed by atoms with Gasteiger partial charge in [-0.1, -0.05) is 6.07 Å². The van der Waals surface area contributed by atoms with E-state index in [-0.39, 0.29) is 12.0 Å². The molecule has 7 heteroatoms. The lowest BCUT2D eigenvalue weighted by atomic mass is 10.2. The molecule has 100 valence electrons. The summed E-state index contributed by atoms with van der Waals surface area (Å²) in [6, 6.07) is 5.53. The van der Waals surface area contributed by atoms with Crippen molar-refractivity contribution >= 4 is 17.5 Å². The number of nitrogens with one attached hydrogen (secondary N) is 1. The van der Waals surface area contributed by atoms with E-state index < -0.39 is 6.10 Å². The molecule has 3 N–H and O–H groups in total. The quantitative estimate of drug-likeness (QED) is 0.821. The van der Waals surface area contributed by atoms with Crippen molar-refractivity contribution in [3.8, 4) is 0 Å². The Labute approximate surface area is 109 Å². The highest BCUT2D eigenvalue weighted by Crippen LogP contribution is 2.20. The Kier molecular flexibility index (Phi) is 3.14. The molecule has 0 saturated carbocycles. The van der Waals surface area contributed by atoms with Gasteiger partial charge < -0.3 is 10.5 Å². The first-order chi connectivity index (χ1) is 9.28. The molecular formula is C12H15N5O2. The summed E-state index contributed by atoms with van der Waals surface area (Å²) in [7, 11) is 0. The zero-order valence-corrected chi connectivity index (χ0v) is 10.3. The van der Waals surface area contributed by atoms with Gasteiger partial charge in [-0.25, -0.2) is 0 Å². The number of fused-ring (bicyclic) bond motifs is 1. The Morgan fingerprint density at radius 2 is 2.37 bits per heavy atom. The first kappa shape index (κ1) is 12.1. The van der Waals surface area contributed by atoms with Gasteiger partial charge >= 0.3 is 0 Å². The molecule has 2 aromatic rings. The van der Waals surface area contributed by atoms with E-state index >= 15 is 0 Å². The summed E-state index contributed by atoms with van der Waals surface area (Å²) in [6.07, 6.45) is 2.82. The van der Waals surface area contributed by atoms with Crippen LogP contribution in [0.5, 0.6) is 0 Å². The van der Waals surface area contributed by atoms with Gasteiger partial charge in [0.25, 0.3) is 5.91 Å². The topological polar surface area (TPSA) is 94.5 Å². The molecule has 2 aromatic heterocycles. The summed E-state index contributed by atoms with van der Waals surface area (Å²) < 4.78 is 7.25. The van der Waals surface area contributed by atoms with Crippen molar-refractivity contribution in [3.63, 3.8) is 0 Å². The first-order valence-electron chi connectivity index (χ1n) is 6.24. The lowest BCUT2D eigenvalue weighted by Gasteiger charge is -2.11. The van der Waals surface area contributed by atoms with Crippen LogP contribution < -0.4 is 11.1 Å². The maximum atomic E-state index is 12.1. The molecule has 0 bridgehead atoms. The molecule has 1 amide bonds. The van der Waals surface area contributed by atoms with Crippen molar-refractivity contribution in [1.29, 1.82) is 0 Å². The number of aromatic nitrogens is 3. The highest BCUT2D eigenvalue weighted by molar-refractivity contribution is 5.93. The van der Waals surface area contributed by atoms with E-state index in [4.69, 9.17) is 10.5 Å². The molecule has 3 rings (SSSR count). The smallest absolute Gasteiger partial charge is 0.255 e. The number of anilines is 1. The lowest BCUT2D eigenvalue weighted by Crippen LogP contribution is -2.30. The molecule has 1 saturated heterocycles. The monoisotopic (exact) mass is 261 g/mol. The minimum atomic E-state index is -0.454. The predicted molar refractivity (Wildman–Crippen MR) is 68.6 cm³/mol. The molecule has 1 aliphatic rings. The molecule has 0 aromatic carbocycles. The number of nitrogens with two attached hydrogens (primary N) is 1. The highest BCUT2D eigenvalue weighted by Gasteiger charge is 2.30. The highest BCUT2D eigenvalue weighted by atomic mass is 16.5. The number of rotatable bonds is 3. The number of hydrogen-bond acceptors (Lipinski definition) is 5. The van der Waals surface area contributed by atoms with Crippen molar-refractivity contribution in [2.75, 3.05) is 11.9 Å². The number of nitrogens with zero attached hydrogens (tertiary/aromatic N) is 3. The van der Waals surface area contributed by atoms with E-state index in [1.165, 1.54) is 0 Å². The summed E-state index contributed by atoms with van der Waals surface area (Å²) in [6.45, 7) is 0.442. The van der Waals surface area contributed by atoms with Crippen LogP contribution in [0.3, 0.4) is 0 Å². The normalized spacial score (nSPS) is 22.8. The predicted octanol–water partition coefficient (Wildman–Crippen LogP) is 0.174. The fraction of sp³-hybridized carbons (Fsp3) is 0.417. The van der Waals surface area contributed by atoms with Crippen LogP contribution in [-0.4, -0.2) is 39.3 Å². The maximum Gasteiger partial charge on any atom is 0.255 e. The van der Waals surface area contributed by atoms with E-state index in [1.54, 1.807) is 10.6 Å². The van der Waals surface area contributed by atoms with E-state index in [0.717, 1.165) is 6.42 Å². The van der Waals surface area contributed by atoms with E-state index in [0.29, 0.717) is 24.6 Å². The summed E-state index contributed by atoms with van der Waals surface area (Å²) in [4.78, 5) is 12.1. The zero-order chi connectivity index (χ0) is 13.2. The number of amides is 1. The second-order valence-electron chi connectivity index (χ2n) is 4.50. The van der Waals surface area contributed by atoms with Crippen LogP contribution in [0.2, 0.25) is 0 Å². The molecule has 7 nitrogen and oxygen atoms in total. The van der Waals surface area contributed by atoms with Crippen molar-refractivity contribution in [2.24, 2.45) is 5.73 Å². The van der Waals surface area contributed by atoms with Crippen LogP contribution in [0.1, 0.15) is 12.8 Å². The van der Waals surface area contributed by atoms with Gasteiger partial charge in [-0.05, 0) is 25.0 Å². The molecule has 0 radical (unpaired) electrons. The summed E-state index contributed by atoms with van der Waals surface area (Å²) in [5, 5.41) is 10.6. The van der Waals surface area contributed by atoms with Crippen LogP contribution in [-0.2, 0) is 9.53 Å². The van der Waals surface area contributed by atoms with Gasteiger partial charge in [0.05, 0.1) is 6.10 Å². The third-order valence-corrected chi connectivity index (χ3v) is 3.21. The molecule has 0 spiro atoms. The number of carbonyl (C=O) groups is 1. The summed E-state index contributed by atoms with van der Waals surface area (Å²) >= 11 is 0. The number of carbonyl (C=O) groups excluding carboxylic acids is 1. The molecule has 19 heavy (non-hydrogen) atoms. The molecule has 0 aliphatic carbocycles. The SMILES string of the molecule is NC[C@H]1CC[C@@H](C(=O)Nc2nnc3ccccn23)O1. The number of hydrogen-bond donors (Lipinski definition) is 2. The Balaban J connectivity index is 1.73. The second kappa shape index (κ2) is 4.94. The second-order valence-corrected chi connectivity index (χ2v) is 4.50. The average Bonchev–Trinajstić information content (AvgIpc) is 3.06. The molecule has 0 unspecified atom stereocenters. The molecular weight excluding hydrogens is 246 g/mol. The lowest BCUT2D eigenvalue weighted by molar-refractivity contribution is -0.126. The first-order valence-corrected chi connectivity index (χ1v) is 6.24. The van der Waals surface area contributed by atoms with Gasteiger partial charge in [0.15, 0.2) is 5.65 Å². The van der Waals surface area contributed by atoms with Crippen LogP contribution in [0.4, 0.5) is 5.95 Å².